The Morgan fingerprint density at radius 2 is 1.44 bits per heavy atom. The molecule has 6 heteroatoms. The molecule has 34 heavy (non-hydrogen) atoms. The van der Waals surface area contributed by atoms with Gasteiger partial charge in [-0.2, -0.15) is 0 Å². The summed E-state index contributed by atoms with van der Waals surface area (Å²) in [6.07, 6.45) is 0. The molecule has 0 aliphatic rings. The zero-order chi connectivity index (χ0) is 24.5. The Morgan fingerprint density at radius 1 is 0.794 bits per heavy atom. The van der Waals surface area contributed by atoms with Crippen molar-refractivity contribution in [3.05, 3.63) is 95.1 Å². The SMILES string of the molecule is CC(C)NC(=O)NCc1ccc(C(=O)NCc2ccccc2-c2ccc(CN(C)C)cc2)cc1. The second-order valence-electron chi connectivity index (χ2n) is 8.95. The van der Waals surface area contributed by atoms with Crippen LogP contribution in [-0.2, 0) is 19.6 Å². The van der Waals surface area contributed by atoms with Crippen LogP contribution in [0, 0.1) is 0 Å². The van der Waals surface area contributed by atoms with E-state index in [0.29, 0.717) is 18.7 Å². The van der Waals surface area contributed by atoms with Gasteiger partial charge in [0.25, 0.3) is 5.91 Å². The molecule has 0 spiro atoms. The lowest BCUT2D eigenvalue weighted by atomic mass is 9.98. The minimum Gasteiger partial charge on any atom is -0.348 e. The van der Waals surface area contributed by atoms with Crippen molar-refractivity contribution in [1.29, 1.82) is 0 Å². The van der Waals surface area contributed by atoms with Crippen molar-refractivity contribution in [2.24, 2.45) is 0 Å². The van der Waals surface area contributed by atoms with E-state index < -0.39 is 0 Å². The van der Waals surface area contributed by atoms with E-state index in [0.717, 1.165) is 28.8 Å². The van der Waals surface area contributed by atoms with E-state index in [2.05, 4.69) is 65.3 Å². The van der Waals surface area contributed by atoms with Gasteiger partial charge in [-0.25, -0.2) is 4.79 Å². The van der Waals surface area contributed by atoms with Crippen LogP contribution >= 0.6 is 0 Å². The third-order valence-corrected chi connectivity index (χ3v) is 5.31. The van der Waals surface area contributed by atoms with Gasteiger partial charge >= 0.3 is 6.03 Å². The van der Waals surface area contributed by atoms with Gasteiger partial charge in [0.1, 0.15) is 0 Å². The Kier molecular flexibility index (Phi) is 8.82. The fraction of sp³-hybridized carbons (Fsp3) is 0.286. The predicted molar refractivity (Wildman–Crippen MR) is 137 cm³/mol. The van der Waals surface area contributed by atoms with Crippen LogP contribution in [0.25, 0.3) is 11.1 Å². The Labute approximate surface area is 202 Å². The molecule has 0 aliphatic carbocycles. The largest absolute Gasteiger partial charge is 0.348 e. The summed E-state index contributed by atoms with van der Waals surface area (Å²) in [7, 11) is 4.12. The quantitative estimate of drug-likeness (QED) is 0.440. The minimum atomic E-state index is -0.206. The highest BCUT2D eigenvalue weighted by atomic mass is 16.2. The number of nitrogens with zero attached hydrogens (tertiary/aromatic N) is 1. The maximum Gasteiger partial charge on any atom is 0.315 e. The molecular weight excluding hydrogens is 424 g/mol. The molecule has 3 rings (SSSR count). The van der Waals surface area contributed by atoms with E-state index in [-0.39, 0.29) is 18.0 Å². The summed E-state index contributed by atoms with van der Waals surface area (Å²) >= 11 is 0. The first-order valence-electron chi connectivity index (χ1n) is 11.6. The molecule has 0 heterocycles. The third-order valence-electron chi connectivity index (χ3n) is 5.31. The Morgan fingerprint density at radius 3 is 2.09 bits per heavy atom. The van der Waals surface area contributed by atoms with Crippen LogP contribution in [0.1, 0.15) is 40.9 Å². The summed E-state index contributed by atoms with van der Waals surface area (Å²) in [6.45, 7) is 5.56. The van der Waals surface area contributed by atoms with Crippen LogP contribution in [0.3, 0.4) is 0 Å². The average Bonchev–Trinajstić information content (AvgIpc) is 2.81. The Bertz CT molecular complexity index is 1090. The molecule has 0 bridgehead atoms. The maximum absolute atomic E-state index is 12.7. The second kappa shape index (κ2) is 12.0. The Hall–Kier alpha value is -3.64. The van der Waals surface area contributed by atoms with Gasteiger partial charge in [0.15, 0.2) is 0 Å². The molecule has 0 radical (unpaired) electrons. The molecule has 3 aromatic carbocycles. The third kappa shape index (κ3) is 7.46. The topological polar surface area (TPSA) is 73.5 Å². The summed E-state index contributed by atoms with van der Waals surface area (Å²) in [6, 6.07) is 23.8. The number of benzene rings is 3. The van der Waals surface area contributed by atoms with Crippen LogP contribution in [0.15, 0.2) is 72.8 Å². The maximum atomic E-state index is 12.7. The normalized spacial score (nSPS) is 10.9. The number of hydrogen-bond acceptors (Lipinski definition) is 3. The van der Waals surface area contributed by atoms with Crippen molar-refractivity contribution in [3.8, 4) is 11.1 Å². The molecule has 6 nitrogen and oxygen atoms in total. The molecule has 0 aliphatic heterocycles. The van der Waals surface area contributed by atoms with Crippen molar-refractivity contribution in [3.63, 3.8) is 0 Å². The fourth-order valence-corrected chi connectivity index (χ4v) is 3.66. The molecule has 0 saturated carbocycles. The summed E-state index contributed by atoms with van der Waals surface area (Å²) in [5.41, 5.74) is 6.08. The molecular formula is C28H34N4O2. The van der Waals surface area contributed by atoms with Gasteiger partial charge in [-0.05, 0) is 67.9 Å². The molecule has 3 aromatic rings. The van der Waals surface area contributed by atoms with Gasteiger partial charge in [-0.15, -0.1) is 0 Å². The fourth-order valence-electron chi connectivity index (χ4n) is 3.66. The van der Waals surface area contributed by atoms with Crippen LogP contribution < -0.4 is 16.0 Å². The number of carbonyl (C=O) groups is 2. The Balaban J connectivity index is 1.59. The smallest absolute Gasteiger partial charge is 0.315 e. The van der Waals surface area contributed by atoms with Gasteiger partial charge in [-0.1, -0.05) is 60.7 Å². The number of hydrogen-bond donors (Lipinski definition) is 3. The van der Waals surface area contributed by atoms with Gasteiger partial charge in [0, 0.05) is 31.2 Å². The van der Waals surface area contributed by atoms with Crippen molar-refractivity contribution in [2.75, 3.05) is 14.1 Å². The van der Waals surface area contributed by atoms with Gasteiger partial charge in [-0.3, -0.25) is 4.79 Å². The van der Waals surface area contributed by atoms with Gasteiger partial charge < -0.3 is 20.9 Å². The van der Waals surface area contributed by atoms with E-state index in [9.17, 15) is 9.59 Å². The highest BCUT2D eigenvalue weighted by Crippen LogP contribution is 2.24. The van der Waals surface area contributed by atoms with E-state index in [4.69, 9.17) is 0 Å². The number of carbonyl (C=O) groups excluding carboxylic acids is 2. The van der Waals surface area contributed by atoms with E-state index in [1.54, 1.807) is 12.1 Å². The van der Waals surface area contributed by atoms with Crippen LogP contribution in [0.2, 0.25) is 0 Å². The lowest BCUT2D eigenvalue weighted by molar-refractivity contribution is 0.0951. The van der Waals surface area contributed by atoms with Crippen LogP contribution in [-0.4, -0.2) is 37.0 Å². The standard InChI is InChI=1S/C28H34N4O2/c1-20(2)31-28(34)30-17-21-9-15-24(16-10-21)27(33)29-18-25-7-5-6-8-26(25)23-13-11-22(12-14-23)19-32(3)4/h5-16,20H,17-19H2,1-4H3,(H,29,33)(H2,30,31,34). The van der Waals surface area contributed by atoms with Crippen molar-refractivity contribution >= 4 is 11.9 Å². The molecule has 0 saturated heterocycles. The molecule has 3 amide bonds. The highest BCUT2D eigenvalue weighted by Gasteiger charge is 2.09. The molecule has 0 aromatic heterocycles. The number of amides is 3. The van der Waals surface area contributed by atoms with Crippen molar-refractivity contribution in [1.82, 2.24) is 20.9 Å². The van der Waals surface area contributed by atoms with Crippen LogP contribution in [0.4, 0.5) is 4.79 Å². The lowest BCUT2D eigenvalue weighted by Crippen LogP contribution is -2.39. The lowest BCUT2D eigenvalue weighted by Gasteiger charge is -2.13. The van der Waals surface area contributed by atoms with Crippen molar-refractivity contribution in [2.45, 2.75) is 39.5 Å². The van der Waals surface area contributed by atoms with E-state index >= 15 is 0 Å². The summed E-state index contributed by atoms with van der Waals surface area (Å²) in [4.78, 5) is 26.6. The first-order valence-corrected chi connectivity index (χ1v) is 11.6. The summed E-state index contributed by atoms with van der Waals surface area (Å²) < 4.78 is 0. The second-order valence-corrected chi connectivity index (χ2v) is 8.95. The molecule has 0 unspecified atom stereocenters. The summed E-state index contributed by atoms with van der Waals surface area (Å²) in [5, 5.41) is 8.62. The first-order chi connectivity index (χ1) is 16.3. The highest BCUT2D eigenvalue weighted by molar-refractivity contribution is 5.94. The van der Waals surface area contributed by atoms with Crippen LogP contribution in [0.5, 0.6) is 0 Å². The van der Waals surface area contributed by atoms with Crippen molar-refractivity contribution < 1.29 is 9.59 Å². The first kappa shape index (κ1) is 25.0. The number of urea groups is 1. The minimum absolute atomic E-state index is 0.0821. The summed E-state index contributed by atoms with van der Waals surface area (Å²) in [5.74, 6) is -0.131. The predicted octanol–water partition coefficient (Wildman–Crippen LogP) is 4.55. The van der Waals surface area contributed by atoms with E-state index in [1.807, 2.05) is 44.2 Å². The zero-order valence-electron chi connectivity index (χ0n) is 20.4. The zero-order valence-corrected chi connectivity index (χ0v) is 20.4. The molecule has 3 N–H and O–H groups in total. The number of nitrogens with one attached hydrogen (secondary N) is 3. The monoisotopic (exact) mass is 458 g/mol. The van der Waals surface area contributed by atoms with Gasteiger partial charge in [0.2, 0.25) is 0 Å². The molecule has 0 fully saturated rings. The molecule has 0 atom stereocenters. The number of rotatable bonds is 9. The van der Waals surface area contributed by atoms with E-state index in [1.165, 1.54) is 5.56 Å². The molecule has 178 valence electrons. The van der Waals surface area contributed by atoms with Gasteiger partial charge in [0.05, 0.1) is 0 Å². The average molecular weight is 459 g/mol.